The molecule has 12 nitrogen and oxygen atoms in total. The van der Waals surface area contributed by atoms with E-state index in [-0.39, 0.29) is 60.1 Å². The summed E-state index contributed by atoms with van der Waals surface area (Å²) in [6.07, 6.45) is -1.27. The zero-order valence-electron chi connectivity index (χ0n) is 24.8. The summed E-state index contributed by atoms with van der Waals surface area (Å²) < 4.78 is 80.9. The van der Waals surface area contributed by atoms with Crippen LogP contribution >= 0.6 is 0 Å². The zero-order chi connectivity index (χ0) is 32.0. The molecular weight excluding hydrogens is 615 g/mol. The van der Waals surface area contributed by atoms with Crippen molar-refractivity contribution in [3.05, 3.63) is 48.2 Å². The minimum Gasteiger partial charge on any atom is -0.478 e. The van der Waals surface area contributed by atoms with Gasteiger partial charge in [0.2, 0.25) is 11.8 Å². The highest BCUT2D eigenvalue weighted by molar-refractivity contribution is 7.90. The highest BCUT2D eigenvalue weighted by atomic mass is 32.2. The van der Waals surface area contributed by atoms with Gasteiger partial charge in [-0.25, -0.2) is 14.4 Å². The molecule has 1 amide bonds. The van der Waals surface area contributed by atoms with Gasteiger partial charge in [0.05, 0.1) is 24.2 Å². The first kappa shape index (κ1) is 31.1. The fourth-order valence-corrected chi connectivity index (χ4v) is 6.73. The van der Waals surface area contributed by atoms with E-state index in [9.17, 15) is 26.4 Å². The minimum absolute atomic E-state index is 0.0288. The molecule has 5 heterocycles. The third-order valence-corrected chi connectivity index (χ3v) is 9.76. The molecule has 1 saturated heterocycles. The largest absolute Gasteiger partial charge is 0.478 e. The number of hydrogen-bond donors (Lipinski definition) is 2. The number of ether oxygens (including phenoxy) is 2. The molecule has 1 unspecified atom stereocenters. The van der Waals surface area contributed by atoms with Crippen LogP contribution in [-0.4, -0.2) is 78.1 Å². The molecule has 3 aromatic heterocycles. The van der Waals surface area contributed by atoms with Crippen molar-refractivity contribution >= 4 is 21.7 Å². The first-order chi connectivity index (χ1) is 21.3. The second kappa shape index (κ2) is 11.5. The number of carbonyl (C=O) groups excluding carboxylic acids is 1. The molecule has 242 valence electrons. The summed E-state index contributed by atoms with van der Waals surface area (Å²) in [6.45, 7) is 5.35. The Balaban J connectivity index is 1.30. The number of alkyl halides is 3. The van der Waals surface area contributed by atoms with E-state index < -0.39 is 33.1 Å². The van der Waals surface area contributed by atoms with Crippen molar-refractivity contribution < 1.29 is 35.9 Å². The highest BCUT2D eigenvalue weighted by Gasteiger charge is 2.62. The third kappa shape index (κ3) is 6.43. The first-order valence-corrected chi connectivity index (χ1v) is 16.2. The summed E-state index contributed by atoms with van der Waals surface area (Å²) in [5, 5.41) is 7.50. The van der Waals surface area contributed by atoms with Crippen molar-refractivity contribution in [1.29, 1.82) is 0 Å². The van der Waals surface area contributed by atoms with E-state index in [1.54, 1.807) is 12.3 Å². The van der Waals surface area contributed by atoms with E-state index in [2.05, 4.69) is 20.1 Å². The lowest BCUT2D eigenvalue weighted by atomic mass is 9.99. The van der Waals surface area contributed by atoms with Gasteiger partial charge in [-0.3, -0.25) is 4.79 Å². The Morgan fingerprint density at radius 1 is 1.13 bits per heavy atom. The quantitative estimate of drug-likeness (QED) is 0.421. The smallest absolute Gasteiger partial charge is 0.394 e. The summed E-state index contributed by atoms with van der Waals surface area (Å²) in [4.78, 5) is 24.4. The van der Waals surface area contributed by atoms with Crippen LogP contribution in [0.2, 0.25) is 0 Å². The SMILES string of the molecule is CC1(C)CC2CN1c1nc(-n3ccc(OCCC4(C(F)(F)F)CC4)n3)ccc1C(=O)NS(=O)(=O)c1cccc(n1)OCCCN2. The Labute approximate surface area is 258 Å². The van der Waals surface area contributed by atoms with E-state index in [0.717, 1.165) is 6.42 Å². The summed E-state index contributed by atoms with van der Waals surface area (Å²) >= 11 is 0. The van der Waals surface area contributed by atoms with E-state index in [1.807, 2.05) is 18.7 Å². The van der Waals surface area contributed by atoms with E-state index in [4.69, 9.17) is 14.5 Å². The number of fused-ring (bicyclic) bond motifs is 6. The molecule has 2 fully saturated rings. The van der Waals surface area contributed by atoms with Crippen molar-refractivity contribution in [2.45, 2.75) is 68.7 Å². The van der Waals surface area contributed by atoms with Crippen LogP contribution in [0.3, 0.4) is 0 Å². The van der Waals surface area contributed by atoms with Gasteiger partial charge < -0.3 is 19.7 Å². The number of hydrogen-bond acceptors (Lipinski definition) is 10. The molecule has 2 N–H and O–H groups in total. The van der Waals surface area contributed by atoms with Gasteiger partial charge in [0.15, 0.2) is 10.8 Å². The van der Waals surface area contributed by atoms with Gasteiger partial charge in [0.25, 0.3) is 15.9 Å². The topological polar surface area (TPSA) is 141 Å². The van der Waals surface area contributed by atoms with E-state index in [0.29, 0.717) is 31.9 Å². The standard InChI is InChI=1S/C29H34F3N7O5S/c1-27(2)17-19-18-38(27)25-20(26(40)37-45(41,42)24-6-3-5-22(35-24)43-15-4-13-33-19)7-8-21(34-25)39-14-9-23(36-39)44-16-12-28(10-11-28)29(30,31)32/h3,5-9,14,19,33H,4,10-13,15-18H2,1-2H3,(H,37,40). The molecule has 6 rings (SSSR count). The van der Waals surface area contributed by atoms with Gasteiger partial charge in [-0.1, -0.05) is 6.07 Å². The van der Waals surface area contributed by atoms with Gasteiger partial charge in [-0.2, -0.15) is 26.6 Å². The van der Waals surface area contributed by atoms with Crippen molar-refractivity contribution in [3.63, 3.8) is 0 Å². The molecule has 1 atom stereocenters. The number of halogens is 3. The molecule has 3 aromatic rings. The van der Waals surface area contributed by atoms with Crippen LogP contribution in [0.1, 0.15) is 56.3 Å². The molecule has 1 aliphatic carbocycles. The Morgan fingerprint density at radius 2 is 1.93 bits per heavy atom. The number of carbonyl (C=O) groups is 1. The van der Waals surface area contributed by atoms with Gasteiger partial charge in [-0.05, 0) is 70.7 Å². The number of rotatable bonds is 5. The molecule has 4 bridgehead atoms. The van der Waals surface area contributed by atoms with Crippen molar-refractivity contribution in [2.24, 2.45) is 5.41 Å². The summed E-state index contributed by atoms with van der Waals surface area (Å²) in [5.41, 5.74) is -2.11. The van der Waals surface area contributed by atoms with Crippen LogP contribution < -0.4 is 24.4 Å². The minimum atomic E-state index is -4.36. The monoisotopic (exact) mass is 649 g/mol. The molecule has 0 radical (unpaired) electrons. The van der Waals surface area contributed by atoms with Crippen molar-refractivity contribution in [1.82, 2.24) is 29.8 Å². The number of sulfonamides is 1. The number of amides is 1. The Bertz CT molecular complexity index is 1690. The Morgan fingerprint density at radius 3 is 2.69 bits per heavy atom. The lowest BCUT2D eigenvalue weighted by Gasteiger charge is -2.33. The lowest BCUT2D eigenvalue weighted by molar-refractivity contribution is -0.190. The molecular formula is C29H34F3N7O5S. The molecule has 0 spiro atoms. The van der Waals surface area contributed by atoms with Gasteiger partial charge in [0, 0.05) is 36.5 Å². The summed E-state index contributed by atoms with van der Waals surface area (Å²) in [6, 6.07) is 8.86. The zero-order valence-corrected chi connectivity index (χ0v) is 25.6. The average molecular weight is 650 g/mol. The normalized spacial score (nSPS) is 22.2. The molecule has 16 heteroatoms. The highest BCUT2D eigenvalue weighted by Crippen LogP contribution is 2.59. The summed E-state index contributed by atoms with van der Waals surface area (Å²) in [7, 11) is -4.36. The average Bonchev–Trinajstić information content (AvgIpc) is 3.53. The molecule has 1 saturated carbocycles. The van der Waals surface area contributed by atoms with Gasteiger partial charge in [-0.15, -0.1) is 5.10 Å². The summed E-state index contributed by atoms with van der Waals surface area (Å²) in [5.74, 6) is -0.0612. The van der Waals surface area contributed by atoms with Crippen LogP contribution in [0.5, 0.6) is 11.8 Å². The van der Waals surface area contributed by atoms with Crippen LogP contribution in [0.25, 0.3) is 5.82 Å². The Hall–Kier alpha value is -3.92. The number of nitrogens with zero attached hydrogens (tertiary/aromatic N) is 5. The van der Waals surface area contributed by atoms with E-state index in [1.165, 1.54) is 35.0 Å². The van der Waals surface area contributed by atoms with E-state index >= 15 is 0 Å². The maximum atomic E-state index is 13.6. The second-order valence-corrected chi connectivity index (χ2v) is 13.9. The number of nitrogens with one attached hydrogen (secondary N) is 2. The lowest BCUT2D eigenvalue weighted by Crippen LogP contribution is -2.41. The number of aromatic nitrogens is 4. The third-order valence-electron chi connectivity index (χ3n) is 8.53. The Kier molecular flexibility index (Phi) is 7.92. The van der Waals surface area contributed by atoms with Crippen LogP contribution in [0.4, 0.5) is 19.0 Å². The fourth-order valence-electron chi connectivity index (χ4n) is 5.80. The maximum absolute atomic E-state index is 13.6. The molecule has 0 aromatic carbocycles. The van der Waals surface area contributed by atoms with Crippen LogP contribution in [0, 0.1) is 5.41 Å². The fraction of sp³-hybridized carbons (Fsp3) is 0.517. The molecule has 45 heavy (non-hydrogen) atoms. The number of pyridine rings is 2. The first-order valence-electron chi connectivity index (χ1n) is 14.7. The van der Waals surface area contributed by atoms with Crippen LogP contribution in [-0.2, 0) is 10.0 Å². The van der Waals surface area contributed by atoms with Crippen molar-refractivity contribution in [2.75, 3.05) is 31.2 Å². The van der Waals surface area contributed by atoms with Crippen molar-refractivity contribution in [3.8, 4) is 17.6 Å². The molecule has 2 aliphatic heterocycles. The molecule has 3 aliphatic rings. The maximum Gasteiger partial charge on any atom is 0.394 e. The van der Waals surface area contributed by atoms with Gasteiger partial charge in [0.1, 0.15) is 5.82 Å². The predicted octanol–water partition coefficient (Wildman–Crippen LogP) is 3.62. The second-order valence-electron chi connectivity index (χ2n) is 12.2. The van der Waals surface area contributed by atoms with Crippen LogP contribution in [0.15, 0.2) is 47.6 Å². The number of anilines is 1. The van der Waals surface area contributed by atoms with Gasteiger partial charge >= 0.3 is 6.18 Å². The predicted molar refractivity (Wildman–Crippen MR) is 156 cm³/mol.